The number of nitrogens with one attached hydrogen (secondary N) is 1. The van der Waals surface area contributed by atoms with Crippen molar-refractivity contribution in [2.75, 3.05) is 23.7 Å². The predicted octanol–water partition coefficient (Wildman–Crippen LogP) is 3.39. The molecule has 28 heavy (non-hydrogen) atoms. The van der Waals surface area contributed by atoms with Gasteiger partial charge in [0.05, 0.1) is 18.5 Å². The van der Waals surface area contributed by atoms with Crippen LogP contribution in [0, 0.1) is 6.92 Å². The molecule has 0 radical (unpaired) electrons. The van der Waals surface area contributed by atoms with E-state index in [2.05, 4.69) is 5.32 Å². The SMILES string of the molecule is CCC(C(=O)NCCOc1ccccc1C)N(c1cccc(Cl)c1)S(C)(=O)=O. The number of halogens is 1. The third-order valence-corrected chi connectivity index (χ3v) is 5.56. The molecular formula is C20H25ClN2O4S. The molecule has 2 rings (SSSR count). The lowest BCUT2D eigenvalue weighted by Crippen LogP contribution is -2.50. The molecule has 0 spiro atoms. The number of hydrogen-bond acceptors (Lipinski definition) is 4. The van der Waals surface area contributed by atoms with Gasteiger partial charge in [0.25, 0.3) is 0 Å². The molecule has 0 bridgehead atoms. The van der Waals surface area contributed by atoms with Crippen LogP contribution in [0.1, 0.15) is 18.9 Å². The first kappa shape index (κ1) is 22.0. The molecular weight excluding hydrogens is 400 g/mol. The summed E-state index contributed by atoms with van der Waals surface area (Å²) in [6, 6.07) is 13.2. The maximum Gasteiger partial charge on any atom is 0.244 e. The highest BCUT2D eigenvalue weighted by molar-refractivity contribution is 7.92. The molecule has 0 aliphatic rings. The largest absolute Gasteiger partial charge is 0.491 e. The Bertz CT molecular complexity index is 918. The molecule has 0 aliphatic heterocycles. The van der Waals surface area contributed by atoms with Crippen LogP contribution in [-0.4, -0.2) is 39.8 Å². The molecule has 0 fully saturated rings. The zero-order valence-corrected chi connectivity index (χ0v) is 17.8. The lowest BCUT2D eigenvalue weighted by molar-refractivity contribution is -0.122. The normalized spacial score (nSPS) is 12.3. The van der Waals surface area contributed by atoms with E-state index in [-0.39, 0.29) is 19.1 Å². The van der Waals surface area contributed by atoms with Crippen molar-refractivity contribution in [1.29, 1.82) is 0 Å². The number of nitrogens with zero attached hydrogens (tertiary/aromatic N) is 1. The zero-order valence-electron chi connectivity index (χ0n) is 16.2. The number of para-hydroxylation sites is 1. The number of ether oxygens (including phenoxy) is 1. The van der Waals surface area contributed by atoms with Gasteiger partial charge < -0.3 is 10.1 Å². The molecule has 0 saturated heterocycles. The van der Waals surface area contributed by atoms with Crippen LogP contribution in [0.2, 0.25) is 5.02 Å². The number of hydrogen-bond donors (Lipinski definition) is 1. The van der Waals surface area contributed by atoms with Crippen molar-refractivity contribution in [3.8, 4) is 5.75 Å². The third kappa shape index (κ3) is 5.87. The lowest BCUT2D eigenvalue weighted by Gasteiger charge is -2.30. The molecule has 1 N–H and O–H groups in total. The third-order valence-electron chi connectivity index (χ3n) is 4.14. The lowest BCUT2D eigenvalue weighted by atomic mass is 10.2. The second-order valence-electron chi connectivity index (χ2n) is 6.37. The monoisotopic (exact) mass is 424 g/mol. The van der Waals surface area contributed by atoms with Crippen LogP contribution >= 0.6 is 11.6 Å². The molecule has 1 unspecified atom stereocenters. The highest BCUT2D eigenvalue weighted by atomic mass is 35.5. The Morgan fingerprint density at radius 3 is 2.54 bits per heavy atom. The fraction of sp³-hybridized carbons (Fsp3) is 0.350. The van der Waals surface area contributed by atoms with E-state index in [0.717, 1.165) is 21.9 Å². The van der Waals surface area contributed by atoms with Crippen molar-refractivity contribution in [3.05, 3.63) is 59.1 Å². The summed E-state index contributed by atoms with van der Waals surface area (Å²) < 4.78 is 31.5. The van der Waals surface area contributed by atoms with Gasteiger partial charge in [0.1, 0.15) is 18.4 Å². The summed E-state index contributed by atoms with van der Waals surface area (Å²) in [6.45, 7) is 4.24. The van der Waals surface area contributed by atoms with Crippen molar-refractivity contribution in [3.63, 3.8) is 0 Å². The highest BCUT2D eigenvalue weighted by Crippen LogP contribution is 2.25. The van der Waals surface area contributed by atoms with E-state index >= 15 is 0 Å². The van der Waals surface area contributed by atoms with Crippen molar-refractivity contribution < 1.29 is 17.9 Å². The van der Waals surface area contributed by atoms with Crippen LogP contribution < -0.4 is 14.4 Å². The molecule has 152 valence electrons. The van der Waals surface area contributed by atoms with Gasteiger partial charge in [0.15, 0.2) is 0 Å². The molecule has 0 heterocycles. The van der Waals surface area contributed by atoms with Gasteiger partial charge in [-0.15, -0.1) is 0 Å². The van der Waals surface area contributed by atoms with E-state index in [0.29, 0.717) is 17.1 Å². The maximum absolute atomic E-state index is 12.7. The fourth-order valence-corrected chi connectivity index (χ4v) is 4.23. The minimum absolute atomic E-state index is 0.261. The van der Waals surface area contributed by atoms with E-state index in [9.17, 15) is 13.2 Å². The minimum Gasteiger partial charge on any atom is -0.491 e. The van der Waals surface area contributed by atoms with Crippen molar-refractivity contribution >= 4 is 33.2 Å². The summed E-state index contributed by atoms with van der Waals surface area (Å²) in [4.78, 5) is 12.7. The maximum atomic E-state index is 12.7. The average Bonchev–Trinajstić information content (AvgIpc) is 2.63. The Balaban J connectivity index is 2.06. The molecule has 0 aromatic heterocycles. The summed E-state index contributed by atoms with van der Waals surface area (Å²) in [5.41, 5.74) is 1.36. The average molecular weight is 425 g/mol. The first-order chi connectivity index (χ1) is 13.2. The Morgan fingerprint density at radius 1 is 1.21 bits per heavy atom. The quantitative estimate of drug-likeness (QED) is 0.626. The predicted molar refractivity (Wildman–Crippen MR) is 113 cm³/mol. The van der Waals surface area contributed by atoms with Crippen LogP contribution in [0.4, 0.5) is 5.69 Å². The molecule has 0 aliphatic carbocycles. The number of carbonyl (C=O) groups excluding carboxylic acids is 1. The van der Waals surface area contributed by atoms with Gasteiger partial charge in [0.2, 0.25) is 15.9 Å². The van der Waals surface area contributed by atoms with Crippen LogP contribution in [0.15, 0.2) is 48.5 Å². The Hall–Kier alpha value is -2.25. The topological polar surface area (TPSA) is 75.7 Å². The first-order valence-electron chi connectivity index (χ1n) is 8.95. The highest BCUT2D eigenvalue weighted by Gasteiger charge is 2.31. The van der Waals surface area contributed by atoms with E-state index < -0.39 is 16.1 Å². The molecule has 1 atom stereocenters. The van der Waals surface area contributed by atoms with Gasteiger partial charge in [-0.2, -0.15) is 0 Å². The molecule has 0 saturated carbocycles. The van der Waals surface area contributed by atoms with E-state index in [4.69, 9.17) is 16.3 Å². The molecule has 1 amide bonds. The van der Waals surface area contributed by atoms with Crippen molar-refractivity contribution in [2.45, 2.75) is 26.3 Å². The summed E-state index contributed by atoms with van der Waals surface area (Å²) in [5, 5.41) is 3.15. The van der Waals surface area contributed by atoms with Crippen LogP contribution in [0.5, 0.6) is 5.75 Å². The zero-order chi connectivity index (χ0) is 20.7. The summed E-state index contributed by atoms with van der Waals surface area (Å²) >= 11 is 6.00. The number of aryl methyl sites for hydroxylation is 1. The van der Waals surface area contributed by atoms with Crippen LogP contribution in [0.3, 0.4) is 0 Å². The number of anilines is 1. The van der Waals surface area contributed by atoms with Gasteiger partial charge in [-0.3, -0.25) is 9.10 Å². The summed E-state index contributed by atoms with van der Waals surface area (Å²) in [6.07, 6.45) is 1.38. The fourth-order valence-electron chi connectivity index (χ4n) is 2.84. The minimum atomic E-state index is -3.69. The van der Waals surface area contributed by atoms with E-state index in [1.54, 1.807) is 25.1 Å². The molecule has 2 aromatic carbocycles. The number of benzene rings is 2. The summed E-state index contributed by atoms with van der Waals surface area (Å²) in [7, 11) is -3.69. The number of amides is 1. The molecule has 6 nitrogen and oxygen atoms in total. The van der Waals surface area contributed by atoms with Gasteiger partial charge in [-0.1, -0.05) is 42.8 Å². The van der Waals surface area contributed by atoms with Crippen molar-refractivity contribution in [1.82, 2.24) is 5.32 Å². The van der Waals surface area contributed by atoms with Gasteiger partial charge in [0, 0.05) is 5.02 Å². The van der Waals surface area contributed by atoms with Gasteiger partial charge >= 0.3 is 0 Å². The Kier molecular flexibility index (Phi) is 7.71. The van der Waals surface area contributed by atoms with Crippen molar-refractivity contribution in [2.24, 2.45) is 0 Å². The Morgan fingerprint density at radius 2 is 1.93 bits per heavy atom. The Labute approximate surface area is 171 Å². The number of carbonyl (C=O) groups is 1. The van der Waals surface area contributed by atoms with Gasteiger partial charge in [-0.05, 0) is 43.2 Å². The number of sulfonamides is 1. The first-order valence-corrected chi connectivity index (χ1v) is 11.2. The standard InChI is InChI=1S/C20H25ClN2O4S/c1-4-18(23(28(3,25)26)17-10-7-9-16(21)14-17)20(24)22-12-13-27-19-11-6-5-8-15(19)2/h5-11,14,18H,4,12-13H2,1-3H3,(H,22,24). The van der Waals surface area contributed by atoms with Crippen LogP contribution in [0.25, 0.3) is 0 Å². The van der Waals surface area contributed by atoms with E-state index in [1.165, 1.54) is 6.07 Å². The smallest absolute Gasteiger partial charge is 0.244 e. The second-order valence-corrected chi connectivity index (χ2v) is 8.66. The van der Waals surface area contributed by atoms with Gasteiger partial charge in [-0.25, -0.2) is 8.42 Å². The molecule has 8 heteroatoms. The van der Waals surface area contributed by atoms with Crippen LogP contribution in [-0.2, 0) is 14.8 Å². The number of rotatable bonds is 9. The van der Waals surface area contributed by atoms with E-state index in [1.807, 2.05) is 31.2 Å². The molecule has 2 aromatic rings. The second kappa shape index (κ2) is 9.80. The summed E-state index contributed by atoms with van der Waals surface area (Å²) in [5.74, 6) is 0.363.